The van der Waals surface area contributed by atoms with Crippen LogP contribution in [0.1, 0.15) is 51.2 Å². The first kappa shape index (κ1) is 24.2. The molecule has 1 amide bonds. The molecule has 0 spiro atoms. The maximum atomic E-state index is 13.9. The maximum Gasteiger partial charge on any atom is 0.256 e. The Morgan fingerprint density at radius 3 is 2.80 bits per heavy atom. The molecule has 5 rings (SSSR count). The lowest BCUT2D eigenvalue weighted by Gasteiger charge is -2.33. The summed E-state index contributed by atoms with van der Waals surface area (Å²) in [7, 11) is 1.71. The molecule has 1 N–H and O–H groups in total. The Hall–Kier alpha value is -2.52. The van der Waals surface area contributed by atoms with Crippen LogP contribution in [0.5, 0.6) is 0 Å². The van der Waals surface area contributed by atoms with E-state index in [-0.39, 0.29) is 24.2 Å². The number of pyridine rings is 1. The monoisotopic (exact) mass is 481 g/mol. The number of hydrogen-bond acceptors (Lipinski definition) is 7. The molecular weight excluding hydrogens is 446 g/mol. The Labute approximate surface area is 206 Å². The van der Waals surface area contributed by atoms with Crippen molar-refractivity contribution in [2.24, 2.45) is 0 Å². The zero-order chi connectivity index (χ0) is 24.6. The molecule has 3 aliphatic rings. The van der Waals surface area contributed by atoms with Gasteiger partial charge in [0.1, 0.15) is 11.9 Å². The van der Waals surface area contributed by atoms with Crippen LogP contribution in [0.2, 0.25) is 0 Å². The van der Waals surface area contributed by atoms with Crippen molar-refractivity contribution >= 4 is 23.1 Å². The highest BCUT2D eigenvalue weighted by molar-refractivity contribution is 6.01. The highest BCUT2D eigenvalue weighted by atomic mass is 16.6. The molecule has 0 bridgehead atoms. The Morgan fingerprint density at radius 1 is 1.23 bits per heavy atom. The summed E-state index contributed by atoms with van der Waals surface area (Å²) < 4.78 is 23.6. The molecule has 0 radical (unpaired) electrons. The molecular formula is C27H35N3O5. The fraction of sp³-hybridized carbons (Fsp3) is 0.556. The van der Waals surface area contributed by atoms with E-state index < -0.39 is 11.7 Å². The predicted molar refractivity (Wildman–Crippen MR) is 133 cm³/mol. The van der Waals surface area contributed by atoms with E-state index >= 15 is 0 Å². The molecule has 1 aromatic carbocycles. The fourth-order valence-corrected chi connectivity index (χ4v) is 5.22. The van der Waals surface area contributed by atoms with E-state index in [1.807, 2.05) is 36.9 Å². The largest absolute Gasteiger partial charge is 0.379 e. The number of hydrogen-bond donors (Lipinski definition) is 1. The number of aromatic nitrogens is 1. The number of anilines is 3. The average Bonchev–Trinajstić information content (AvgIpc) is 3.17. The summed E-state index contributed by atoms with van der Waals surface area (Å²) in [6, 6.07) is 10.0. The smallest absolute Gasteiger partial charge is 0.256 e. The molecule has 8 nitrogen and oxygen atoms in total. The number of amides is 1. The van der Waals surface area contributed by atoms with Gasteiger partial charge in [-0.05, 0) is 57.4 Å². The molecule has 4 heterocycles. The van der Waals surface area contributed by atoms with Crippen molar-refractivity contribution in [3.8, 4) is 0 Å². The van der Waals surface area contributed by atoms with E-state index in [9.17, 15) is 4.79 Å². The Kier molecular flexibility index (Phi) is 6.81. The summed E-state index contributed by atoms with van der Waals surface area (Å²) in [5.74, 6) is 0.715. The fourth-order valence-electron chi connectivity index (χ4n) is 5.22. The van der Waals surface area contributed by atoms with Gasteiger partial charge in [-0.15, -0.1) is 0 Å². The van der Waals surface area contributed by atoms with Crippen molar-refractivity contribution in [2.45, 2.75) is 76.6 Å². The summed E-state index contributed by atoms with van der Waals surface area (Å²) in [6.07, 6.45) is 3.67. The van der Waals surface area contributed by atoms with Crippen LogP contribution in [0.25, 0.3) is 0 Å². The SMILES string of the molecule is CO[C@@H]1CO[C@](C)(c2ccc3c(c2)N(C(=O)[C@H]2CC[C@H](OC(C)C)CO2)Cc2cccnc2N3)C1. The number of carbonyl (C=O) groups is 1. The second kappa shape index (κ2) is 9.85. The standard InChI is InChI=1S/C27H35N3O5/c1-17(2)35-20-8-10-24(33-15-20)26(31)30-14-18-6-5-11-28-25(18)29-22-9-7-19(12-23(22)30)27(3)13-21(32-4)16-34-27/h5-7,9,11-12,17,20-21,24H,8,10,13-16H2,1-4H3,(H,28,29)/t20-,21-,24+,27-/m0/s1. The third-order valence-corrected chi connectivity index (χ3v) is 7.15. The minimum absolute atomic E-state index is 0.0295. The molecule has 2 saturated heterocycles. The summed E-state index contributed by atoms with van der Waals surface area (Å²) in [5, 5.41) is 3.44. The zero-order valence-electron chi connectivity index (χ0n) is 21.0. The van der Waals surface area contributed by atoms with Gasteiger partial charge in [0.05, 0.1) is 55.0 Å². The number of methoxy groups -OCH3 is 1. The van der Waals surface area contributed by atoms with Gasteiger partial charge in [-0.2, -0.15) is 0 Å². The van der Waals surface area contributed by atoms with Crippen molar-refractivity contribution in [2.75, 3.05) is 30.5 Å². The highest BCUT2D eigenvalue weighted by Crippen LogP contribution is 2.42. The second-order valence-corrected chi connectivity index (χ2v) is 10.1. The van der Waals surface area contributed by atoms with E-state index in [1.165, 1.54) is 0 Å². The number of benzene rings is 1. The molecule has 2 fully saturated rings. The first-order valence-corrected chi connectivity index (χ1v) is 12.5. The van der Waals surface area contributed by atoms with Crippen LogP contribution in [-0.4, -0.2) is 55.6 Å². The van der Waals surface area contributed by atoms with Crippen molar-refractivity contribution in [1.29, 1.82) is 0 Å². The molecule has 8 heteroatoms. The first-order chi connectivity index (χ1) is 16.9. The molecule has 2 aromatic rings. The molecule has 4 atom stereocenters. The third kappa shape index (κ3) is 4.93. The molecule has 0 aliphatic carbocycles. The van der Waals surface area contributed by atoms with E-state index in [0.29, 0.717) is 26.2 Å². The Morgan fingerprint density at radius 2 is 2.09 bits per heavy atom. The Balaban J connectivity index is 1.46. The number of nitrogens with one attached hydrogen (secondary N) is 1. The predicted octanol–water partition coefficient (Wildman–Crippen LogP) is 4.29. The average molecular weight is 482 g/mol. The number of ether oxygens (including phenoxy) is 4. The normalized spacial score (nSPS) is 28.3. The van der Waals surface area contributed by atoms with E-state index in [1.54, 1.807) is 13.3 Å². The topological polar surface area (TPSA) is 82.2 Å². The van der Waals surface area contributed by atoms with Gasteiger partial charge in [0, 0.05) is 25.3 Å². The lowest BCUT2D eigenvalue weighted by Crippen LogP contribution is -2.44. The van der Waals surface area contributed by atoms with Crippen molar-refractivity contribution in [3.63, 3.8) is 0 Å². The minimum atomic E-state index is -0.507. The van der Waals surface area contributed by atoms with Crippen LogP contribution < -0.4 is 10.2 Å². The van der Waals surface area contributed by atoms with E-state index in [2.05, 4.69) is 29.4 Å². The number of rotatable bonds is 5. The second-order valence-electron chi connectivity index (χ2n) is 10.1. The van der Waals surface area contributed by atoms with E-state index in [4.69, 9.17) is 18.9 Å². The highest BCUT2D eigenvalue weighted by Gasteiger charge is 2.40. The summed E-state index contributed by atoms with van der Waals surface area (Å²) in [4.78, 5) is 20.2. The van der Waals surface area contributed by atoms with Gasteiger partial charge in [0.25, 0.3) is 5.91 Å². The van der Waals surface area contributed by atoms with Crippen molar-refractivity contribution in [3.05, 3.63) is 47.7 Å². The van der Waals surface area contributed by atoms with Crippen LogP contribution in [0.15, 0.2) is 36.5 Å². The zero-order valence-corrected chi connectivity index (χ0v) is 21.0. The lowest BCUT2D eigenvalue weighted by atomic mass is 9.91. The van der Waals surface area contributed by atoms with Gasteiger partial charge in [-0.3, -0.25) is 4.79 Å². The molecule has 0 saturated carbocycles. The van der Waals surface area contributed by atoms with Crippen molar-refractivity contribution < 1.29 is 23.7 Å². The third-order valence-electron chi connectivity index (χ3n) is 7.15. The van der Waals surface area contributed by atoms with Crippen LogP contribution in [-0.2, 0) is 35.9 Å². The summed E-state index contributed by atoms with van der Waals surface area (Å²) in [6.45, 7) is 7.51. The van der Waals surface area contributed by atoms with Gasteiger partial charge in [0.15, 0.2) is 0 Å². The lowest BCUT2D eigenvalue weighted by molar-refractivity contribution is -0.143. The minimum Gasteiger partial charge on any atom is -0.379 e. The van der Waals surface area contributed by atoms with Crippen LogP contribution in [0.4, 0.5) is 17.2 Å². The molecule has 3 aliphatic heterocycles. The summed E-state index contributed by atoms with van der Waals surface area (Å²) in [5.41, 5.74) is 3.13. The van der Waals surface area contributed by atoms with Gasteiger partial charge in [-0.1, -0.05) is 12.1 Å². The van der Waals surface area contributed by atoms with Crippen LogP contribution >= 0.6 is 0 Å². The Bertz CT molecular complexity index is 1070. The van der Waals surface area contributed by atoms with E-state index in [0.717, 1.165) is 41.2 Å². The van der Waals surface area contributed by atoms with Crippen LogP contribution in [0.3, 0.4) is 0 Å². The maximum absolute atomic E-state index is 13.9. The van der Waals surface area contributed by atoms with Gasteiger partial charge < -0.3 is 29.2 Å². The van der Waals surface area contributed by atoms with Crippen molar-refractivity contribution in [1.82, 2.24) is 4.98 Å². The number of nitrogens with zero attached hydrogens (tertiary/aromatic N) is 2. The molecule has 1 aromatic heterocycles. The molecule has 188 valence electrons. The quantitative estimate of drug-likeness (QED) is 0.682. The number of carbonyl (C=O) groups excluding carboxylic acids is 1. The van der Waals surface area contributed by atoms with Crippen LogP contribution in [0, 0.1) is 0 Å². The van der Waals surface area contributed by atoms with Gasteiger partial charge >= 0.3 is 0 Å². The van der Waals surface area contributed by atoms with Gasteiger partial charge in [-0.25, -0.2) is 4.98 Å². The van der Waals surface area contributed by atoms with Gasteiger partial charge in [0.2, 0.25) is 0 Å². The number of fused-ring (bicyclic) bond motifs is 2. The first-order valence-electron chi connectivity index (χ1n) is 12.5. The summed E-state index contributed by atoms with van der Waals surface area (Å²) >= 11 is 0. The molecule has 0 unspecified atom stereocenters. The molecule has 35 heavy (non-hydrogen) atoms.